The van der Waals surface area contributed by atoms with Crippen LogP contribution < -0.4 is 11.3 Å². The first-order valence-corrected chi connectivity index (χ1v) is 13.5. The number of para-hydroxylation sites is 1. The normalized spacial score (nSPS) is 20.3. The van der Waals surface area contributed by atoms with Gasteiger partial charge in [-0.25, -0.2) is 4.98 Å². The highest BCUT2D eigenvalue weighted by Gasteiger charge is 2.28. The summed E-state index contributed by atoms with van der Waals surface area (Å²) in [5.74, 6) is 0.0466. The smallest absolute Gasteiger partial charge is 0.267 e. The maximum Gasteiger partial charge on any atom is 0.267 e. The van der Waals surface area contributed by atoms with E-state index in [4.69, 9.17) is 10.7 Å². The zero-order chi connectivity index (χ0) is 23.8. The molecule has 2 aliphatic rings. The quantitative estimate of drug-likeness (QED) is 0.431. The first-order valence-electron chi connectivity index (χ1n) is 11.7. The number of carbonyl (C=O) groups excluding carboxylic acids is 2. The lowest BCUT2D eigenvalue weighted by Crippen LogP contribution is -2.44. The number of nitrogens with two attached hydrogens (primary N) is 1. The number of carbonyl (C=O) groups is 2. The molecule has 0 radical (unpaired) electrons. The van der Waals surface area contributed by atoms with E-state index in [1.807, 2.05) is 30.3 Å². The molecule has 2 N–H and O–H groups in total. The van der Waals surface area contributed by atoms with Crippen molar-refractivity contribution >= 4 is 45.1 Å². The third-order valence-electron chi connectivity index (χ3n) is 6.81. The van der Waals surface area contributed by atoms with E-state index in [0.29, 0.717) is 24.2 Å². The van der Waals surface area contributed by atoms with Gasteiger partial charge in [-0.05, 0) is 55.7 Å². The van der Waals surface area contributed by atoms with Gasteiger partial charge in [0.15, 0.2) is 5.16 Å². The molecule has 7 nitrogen and oxygen atoms in total. The first-order chi connectivity index (χ1) is 16.4. The van der Waals surface area contributed by atoms with Gasteiger partial charge in [-0.1, -0.05) is 36.9 Å². The number of aromatic nitrogens is 2. The van der Waals surface area contributed by atoms with Crippen molar-refractivity contribution in [3.05, 3.63) is 51.1 Å². The number of fused-ring (bicyclic) bond motifs is 3. The third kappa shape index (κ3) is 4.38. The van der Waals surface area contributed by atoms with Crippen LogP contribution in [0.15, 0.2) is 40.3 Å². The molecule has 2 amide bonds. The molecular weight excluding hydrogens is 468 g/mol. The largest absolute Gasteiger partial charge is 0.369 e. The second-order valence-electron chi connectivity index (χ2n) is 9.27. The van der Waals surface area contributed by atoms with Crippen molar-refractivity contribution in [3.8, 4) is 5.69 Å². The minimum Gasteiger partial charge on any atom is -0.369 e. The van der Waals surface area contributed by atoms with E-state index in [-0.39, 0.29) is 29.0 Å². The zero-order valence-corrected chi connectivity index (χ0v) is 20.8. The average Bonchev–Trinajstić information content (AvgIpc) is 3.20. The number of thioether (sulfide) groups is 1. The first kappa shape index (κ1) is 23.1. The Morgan fingerprint density at radius 3 is 2.79 bits per heavy atom. The van der Waals surface area contributed by atoms with E-state index in [2.05, 4.69) is 6.92 Å². The lowest BCUT2D eigenvalue weighted by atomic mass is 9.89. The number of piperidine rings is 1. The molecule has 1 fully saturated rings. The van der Waals surface area contributed by atoms with Crippen LogP contribution >= 0.6 is 23.1 Å². The van der Waals surface area contributed by atoms with Crippen LogP contribution in [0, 0.1) is 11.8 Å². The number of hydrogen-bond donors (Lipinski definition) is 1. The van der Waals surface area contributed by atoms with Crippen LogP contribution in [-0.4, -0.2) is 45.1 Å². The predicted molar refractivity (Wildman–Crippen MR) is 136 cm³/mol. The van der Waals surface area contributed by atoms with Gasteiger partial charge >= 0.3 is 0 Å². The Kier molecular flexibility index (Phi) is 6.48. The van der Waals surface area contributed by atoms with Crippen LogP contribution in [0.3, 0.4) is 0 Å². The molecule has 3 aromatic rings. The summed E-state index contributed by atoms with van der Waals surface area (Å²) in [6.07, 6.45) is 4.46. The maximum atomic E-state index is 13.8. The van der Waals surface area contributed by atoms with Crippen LogP contribution in [-0.2, 0) is 22.4 Å². The summed E-state index contributed by atoms with van der Waals surface area (Å²) in [6.45, 7) is 3.23. The minimum atomic E-state index is -0.355. The van der Waals surface area contributed by atoms with E-state index in [1.54, 1.807) is 20.8 Å². The van der Waals surface area contributed by atoms with Gasteiger partial charge in [0, 0.05) is 18.0 Å². The molecule has 178 valence electrons. The van der Waals surface area contributed by atoms with Crippen LogP contribution in [0.5, 0.6) is 0 Å². The summed E-state index contributed by atoms with van der Waals surface area (Å²) in [6, 6.07) is 9.49. The van der Waals surface area contributed by atoms with Crippen LogP contribution in [0.25, 0.3) is 15.9 Å². The Bertz CT molecular complexity index is 1300. The lowest BCUT2D eigenvalue weighted by Gasteiger charge is -2.31. The van der Waals surface area contributed by atoms with Crippen molar-refractivity contribution < 1.29 is 9.59 Å². The number of hydrogen-bond acceptors (Lipinski definition) is 6. The van der Waals surface area contributed by atoms with Crippen molar-refractivity contribution in [2.45, 2.75) is 44.2 Å². The topological polar surface area (TPSA) is 98.3 Å². The van der Waals surface area contributed by atoms with E-state index >= 15 is 0 Å². The molecule has 2 aromatic heterocycles. The van der Waals surface area contributed by atoms with Gasteiger partial charge in [-0.3, -0.25) is 19.0 Å². The molecule has 0 spiro atoms. The van der Waals surface area contributed by atoms with E-state index < -0.39 is 0 Å². The summed E-state index contributed by atoms with van der Waals surface area (Å²) in [5, 5.41) is 1.25. The molecule has 34 heavy (non-hydrogen) atoms. The Morgan fingerprint density at radius 2 is 2.03 bits per heavy atom. The van der Waals surface area contributed by atoms with Gasteiger partial charge in [-0.15, -0.1) is 11.3 Å². The highest BCUT2D eigenvalue weighted by molar-refractivity contribution is 7.99. The number of nitrogens with zero attached hydrogens (tertiary/aromatic N) is 3. The third-order valence-corrected chi connectivity index (χ3v) is 8.89. The number of amides is 2. The van der Waals surface area contributed by atoms with Crippen molar-refractivity contribution in [3.63, 3.8) is 0 Å². The fraction of sp³-hybridized carbons (Fsp3) is 0.440. The molecule has 2 atom stereocenters. The molecule has 5 rings (SSSR count). The molecule has 0 bridgehead atoms. The number of likely N-dealkylation sites (tertiary alicyclic amines) is 1. The summed E-state index contributed by atoms with van der Waals surface area (Å²) >= 11 is 2.90. The average molecular weight is 497 g/mol. The summed E-state index contributed by atoms with van der Waals surface area (Å²) < 4.78 is 1.65. The second kappa shape index (κ2) is 9.54. The Labute approximate surface area is 206 Å². The van der Waals surface area contributed by atoms with Gasteiger partial charge in [0.25, 0.3) is 5.56 Å². The summed E-state index contributed by atoms with van der Waals surface area (Å²) in [4.78, 5) is 47.0. The number of aryl methyl sites for hydroxylation is 1. The fourth-order valence-corrected chi connectivity index (χ4v) is 7.27. The van der Waals surface area contributed by atoms with E-state index in [0.717, 1.165) is 53.6 Å². The molecule has 3 heterocycles. The van der Waals surface area contributed by atoms with Gasteiger partial charge in [0.05, 0.1) is 22.7 Å². The van der Waals surface area contributed by atoms with E-state index in [9.17, 15) is 14.4 Å². The molecule has 0 saturated carbocycles. The number of primary amides is 1. The molecule has 1 aliphatic heterocycles. The Morgan fingerprint density at radius 1 is 1.24 bits per heavy atom. The standard InChI is InChI=1S/C25H28N4O3S2/c1-15-9-10-18-19(12-15)34-23-21(18)24(32)29(17-7-3-2-4-8-17)25(27-23)33-14-20(30)28-11-5-6-16(13-28)22(26)31/h2-4,7-8,15-16H,5-6,9-14H2,1H3,(H2,26,31). The molecule has 9 heteroatoms. The fourth-order valence-electron chi connectivity index (χ4n) is 4.93. The SMILES string of the molecule is CC1CCc2c(sc3nc(SCC(=O)N4CCCC(C(N)=O)C4)n(-c4ccccc4)c(=O)c23)C1. The van der Waals surface area contributed by atoms with Gasteiger partial charge in [0.1, 0.15) is 4.83 Å². The highest BCUT2D eigenvalue weighted by Crippen LogP contribution is 2.37. The molecule has 1 aliphatic carbocycles. The predicted octanol–water partition coefficient (Wildman–Crippen LogP) is 3.39. The van der Waals surface area contributed by atoms with Gasteiger partial charge < -0.3 is 10.6 Å². The van der Waals surface area contributed by atoms with Crippen molar-refractivity contribution in [2.24, 2.45) is 17.6 Å². The van der Waals surface area contributed by atoms with Crippen molar-refractivity contribution in [2.75, 3.05) is 18.8 Å². The summed E-state index contributed by atoms with van der Waals surface area (Å²) in [5.41, 5.74) is 7.30. The monoisotopic (exact) mass is 496 g/mol. The zero-order valence-electron chi connectivity index (χ0n) is 19.2. The molecule has 1 saturated heterocycles. The Balaban J connectivity index is 1.49. The van der Waals surface area contributed by atoms with Crippen LogP contribution in [0.2, 0.25) is 0 Å². The van der Waals surface area contributed by atoms with Gasteiger partial charge in [-0.2, -0.15) is 0 Å². The molecule has 2 unspecified atom stereocenters. The number of thiophene rings is 1. The van der Waals surface area contributed by atoms with Crippen molar-refractivity contribution in [1.29, 1.82) is 0 Å². The van der Waals surface area contributed by atoms with Crippen LogP contribution in [0.4, 0.5) is 0 Å². The highest BCUT2D eigenvalue weighted by atomic mass is 32.2. The summed E-state index contributed by atoms with van der Waals surface area (Å²) in [7, 11) is 0. The van der Waals surface area contributed by atoms with Crippen LogP contribution in [0.1, 0.15) is 36.6 Å². The minimum absolute atomic E-state index is 0.0648. The van der Waals surface area contributed by atoms with Gasteiger partial charge in [0.2, 0.25) is 11.8 Å². The number of benzene rings is 1. The maximum absolute atomic E-state index is 13.8. The van der Waals surface area contributed by atoms with Crippen molar-refractivity contribution in [1.82, 2.24) is 14.5 Å². The molecular formula is C25H28N4O3S2. The lowest BCUT2D eigenvalue weighted by molar-refractivity contribution is -0.132. The van der Waals surface area contributed by atoms with E-state index in [1.165, 1.54) is 16.6 Å². The number of rotatable bonds is 5. The Hall–Kier alpha value is -2.65. The second-order valence-corrected chi connectivity index (χ2v) is 11.3. The molecule has 1 aromatic carbocycles.